The van der Waals surface area contributed by atoms with Crippen LogP contribution in [-0.4, -0.2) is 119 Å². The molecule has 10 atom stereocenters. The van der Waals surface area contributed by atoms with Gasteiger partial charge in [-0.2, -0.15) is 0 Å². The summed E-state index contributed by atoms with van der Waals surface area (Å²) in [5.41, 5.74) is -1.39. The summed E-state index contributed by atoms with van der Waals surface area (Å²) in [7, 11) is 0. The lowest BCUT2D eigenvalue weighted by atomic mass is 9.97. The quantitative estimate of drug-likeness (QED) is 0.140. The van der Waals surface area contributed by atoms with Gasteiger partial charge in [0.05, 0.1) is 12.7 Å². The van der Waals surface area contributed by atoms with E-state index in [4.69, 9.17) is 23.4 Å². The first-order valence-corrected chi connectivity index (χ1v) is 13.0. The number of aliphatic hydroxyl groups excluding tert-OH is 6. The number of phenols is 4. The predicted octanol–water partition coefficient (Wildman–Crippen LogP) is -1.69. The zero-order valence-corrected chi connectivity index (χ0v) is 22.3. The van der Waals surface area contributed by atoms with Gasteiger partial charge in [0.25, 0.3) is 0 Å². The van der Waals surface area contributed by atoms with Gasteiger partial charge in [-0.15, -0.1) is 0 Å². The van der Waals surface area contributed by atoms with Crippen LogP contribution in [0.3, 0.4) is 0 Å². The van der Waals surface area contributed by atoms with E-state index < -0.39 is 113 Å². The van der Waals surface area contributed by atoms with Gasteiger partial charge < -0.3 is 74.4 Å². The standard InChI is InChI=1S/C27H30O16/c1-8-17(33)20(36)22(38)26(39-8)43-25-21(37)18(34)15(7-28)41-27(25)42-24-19(35)16-13(32)5-10(29)6-14(16)40-23(24)9-2-3-11(30)12(31)4-9/h2-6,8,15,17-18,20-22,25-34,36-38H,7H2,1H3/t8-,15-,17-,18-,20-,21-,22-,25-,26-,27+/m0/s1. The van der Waals surface area contributed by atoms with E-state index in [0.29, 0.717) is 0 Å². The normalized spacial score (nSPS) is 33.0. The van der Waals surface area contributed by atoms with Gasteiger partial charge in [0.1, 0.15) is 59.1 Å². The summed E-state index contributed by atoms with van der Waals surface area (Å²) in [6, 6.07) is 5.21. The minimum absolute atomic E-state index is 0.0447. The molecule has 234 valence electrons. The molecule has 2 saturated heterocycles. The second-order valence-electron chi connectivity index (χ2n) is 10.2. The number of phenolic OH excluding ortho intramolecular Hbond substituents is 4. The summed E-state index contributed by atoms with van der Waals surface area (Å²) in [5.74, 6) is -3.40. The van der Waals surface area contributed by atoms with Crippen molar-refractivity contribution in [3.8, 4) is 40.1 Å². The van der Waals surface area contributed by atoms with E-state index in [1.807, 2.05) is 0 Å². The molecule has 5 rings (SSSR count). The van der Waals surface area contributed by atoms with Crippen molar-refractivity contribution < 1.29 is 74.4 Å². The van der Waals surface area contributed by atoms with Crippen LogP contribution in [0, 0.1) is 0 Å². The molecule has 1 aromatic heterocycles. The van der Waals surface area contributed by atoms with Crippen LogP contribution in [0.4, 0.5) is 0 Å². The maximum absolute atomic E-state index is 13.7. The highest BCUT2D eigenvalue weighted by molar-refractivity contribution is 5.88. The van der Waals surface area contributed by atoms with Crippen LogP contribution in [0.1, 0.15) is 6.92 Å². The van der Waals surface area contributed by atoms with Crippen molar-refractivity contribution in [2.24, 2.45) is 0 Å². The third kappa shape index (κ3) is 5.55. The molecule has 2 aliphatic rings. The first kappa shape index (κ1) is 30.7. The lowest BCUT2D eigenvalue weighted by molar-refractivity contribution is -0.354. The van der Waals surface area contributed by atoms with Crippen molar-refractivity contribution in [2.45, 2.75) is 68.3 Å². The smallest absolute Gasteiger partial charge is 0.239 e. The molecule has 0 unspecified atom stereocenters. The second-order valence-corrected chi connectivity index (χ2v) is 10.2. The van der Waals surface area contributed by atoms with Crippen LogP contribution in [0.25, 0.3) is 22.3 Å². The SMILES string of the molecule is C[C@@H]1O[C@@H](O[C@@H]2[C@@H](Oc3c(-c4ccc(O)c(O)c4)oc4cc(O)cc(O)c4c3=O)O[C@@H](CO)[C@H](O)[C@@H]2O)[C@@H](O)[C@@H](O)[C@H]1O. The molecule has 0 amide bonds. The Morgan fingerprint density at radius 1 is 0.791 bits per heavy atom. The summed E-state index contributed by atoms with van der Waals surface area (Å²) in [6.07, 6.45) is -16.7. The molecule has 0 aliphatic carbocycles. The Balaban J connectivity index is 1.62. The van der Waals surface area contributed by atoms with E-state index in [1.54, 1.807) is 0 Å². The minimum Gasteiger partial charge on any atom is -0.508 e. The molecule has 0 bridgehead atoms. The van der Waals surface area contributed by atoms with Crippen molar-refractivity contribution in [3.05, 3.63) is 40.6 Å². The van der Waals surface area contributed by atoms with Gasteiger partial charge in [0, 0.05) is 17.7 Å². The zero-order chi connectivity index (χ0) is 31.3. The van der Waals surface area contributed by atoms with Crippen LogP contribution >= 0.6 is 0 Å². The van der Waals surface area contributed by atoms with Crippen LogP contribution in [0.15, 0.2) is 39.5 Å². The Labute approximate surface area is 241 Å². The van der Waals surface area contributed by atoms with E-state index in [-0.39, 0.29) is 11.1 Å². The number of hydrogen-bond donors (Lipinski definition) is 10. The number of ether oxygens (including phenoxy) is 4. The Morgan fingerprint density at radius 3 is 2.19 bits per heavy atom. The third-order valence-electron chi connectivity index (χ3n) is 7.31. The van der Waals surface area contributed by atoms with Crippen LogP contribution in [0.5, 0.6) is 28.7 Å². The zero-order valence-electron chi connectivity index (χ0n) is 22.3. The number of hydrogen-bond acceptors (Lipinski definition) is 16. The molecular weight excluding hydrogens is 580 g/mol. The average Bonchev–Trinajstić information content (AvgIpc) is 2.96. The largest absolute Gasteiger partial charge is 0.508 e. The van der Waals surface area contributed by atoms with Gasteiger partial charge in [0.15, 0.2) is 29.7 Å². The maximum atomic E-state index is 13.7. The minimum atomic E-state index is -1.91. The number of rotatable bonds is 6. The molecule has 2 aromatic carbocycles. The Hall–Kier alpha value is -3.71. The fourth-order valence-corrected chi connectivity index (χ4v) is 4.92. The highest BCUT2D eigenvalue weighted by Gasteiger charge is 2.51. The summed E-state index contributed by atoms with van der Waals surface area (Å²) >= 11 is 0. The van der Waals surface area contributed by atoms with Crippen LogP contribution in [-0.2, 0) is 14.2 Å². The highest BCUT2D eigenvalue weighted by Crippen LogP contribution is 2.40. The summed E-state index contributed by atoms with van der Waals surface area (Å²) < 4.78 is 28.3. The first-order valence-electron chi connectivity index (χ1n) is 13.0. The molecule has 3 aromatic rings. The van der Waals surface area contributed by atoms with Gasteiger partial charge in [0.2, 0.25) is 17.5 Å². The molecule has 16 heteroatoms. The summed E-state index contributed by atoms with van der Waals surface area (Å²) in [5, 5.41) is 102. The van der Waals surface area contributed by atoms with Crippen LogP contribution < -0.4 is 10.2 Å². The molecule has 2 fully saturated rings. The van der Waals surface area contributed by atoms with E-state index in [9.17, 15) is 55.9 Å². The van der Waals surface area contributed by atoms with Gasteiger partial charge in [-0.3, -0.25) is 4.79 Å². The van der Waals surface area contributed by atoms with Crippen molar-refractivity contribution in [2.75, 3.05) is 6.61 Å². The number of aliphatic hydroxyl groups is 6. The lowest BCUT2D eigenvalue weighted by Crippen LogP contribution is -2.64. The first-order chi connectivity index (χ1) is 20.3. The van der Waals surface area contributed by atoms with E-state index in [1.165, 1.54) is 13.0 Å². The third-order valence-corrected chi connectivity index (χ3v) is 7.31. The number of aromatic hydroxyl groups is 4. The Morgan fingerprint density at radius 2 is 1.51 bits per heavy atom. The van der Waals surface area contributed by atoms with Gasteiger partial charge in [-0.25, -0.2) is 0 Å². The van der Waals surface area contributed by atoms with E-state index in [0.717, 1.165) is 24.3 Å². The van der Waals surface area contributed by atoms with Crippen LogP contribution in [0.2, 0.25) is 0 Å². The molecular formula is C27H30O16. The second kappa shape index (κ2) is 11.8. The number of benzene rings is 2. The van der Waals surface area contributed by atoms with Gasteiger partial charge in [-0.1, -0.05) is 0 Å². The highest BCUT2D eigenvalue weighted by atomic mass is 16.8. The molecule has 16 nitrogen and oxygen atoms in total. The Kier molecular flexibility index (Phi) is 8.41. The number of fused-ring (bicyclic) bond motifs is 1. The average molecular weight is 611 g/mol. The Bertz CT molecular complexity index is 1540. The van der Waals surface area contributed by atoms with Crippen molar-refractivity contribution in [1.82, 2.24) is 0 Å². The molecule has 0 radical (unpaired) electrons. The van der Waals surface area contributed by atoms with Gasteiger partial charge in [-0.05, 0) is 25.1 Å². The van der Waals surface area contributed by atoms with Gasteiger partial charge >= 0.3 is 0 Å². The fourth-order valence-electron chi connectivity index (χ4n) is 4.92. The monoisotopic (exact) mass is 610 g/mol. The molecule has 43 heavy (non-hydrogen) atoms. The molecule has 2 aliphatic heterocycles. The summed E-state index contributed by atoms with van der Waals surface area (Å²) in [6.45, 7) is 0.541. The van der Waals surface area contributed by atoms with E-state index >= 15 is 0 Å². The molecule has 0 saturated carbocycles. The molecule has 3 heterocycles. The van der Waals surface area contributed by atoms with Crippen molar-refractivity contribution in [1.29, 1.82) is 0 Å². The summed E-state index contributed by atoms with van der Waals surface area (Å²) in [4.78, 5) is 13.7. The predicted molar refractivity (Wildman–Crippen MR) is 140 cm³/mol. The fraction of sp³-hybridized carbons (Fsp3) is 0.444. The lowest BCUT2D eigenvalue weighted by Gasteiger charge is -2.45. The van der Waals surface area contributed by atoms with E-state index in [2.05, 4.69) is 0 Å². The van der Waals surface area contributed by atoms with Crippen molar-refractivity contribution >= 4 is 11.0 Å². The van der Waals surface area contributed by atoms with Crippen molar-refractivity contribution in [3.63, 3.8) is 0 Å². The molecule has 0 spiro atoms. The molecule has 10 N–H and O–H groups in total. The maximum Gasteiger partial charge on any atom is 0.239 e. The topological polar surface area (TPSA) is 269 Å².